The largest absolute Gasteiger partial charge is 0.493 e. The van der Waals surface area contributed by atoms with E-state index in [0.717, 1.165) is 18.4 Å². The average molecular weight is 356 g/mol. The molecule has 5 nitrogen and oxygen atoms in total. The SMILES string of the molecule is CCCCOc1cc(NC(=O)N(C)[C@@H](C)c2ccccc2)ccc1OC. The summed E-state index contributed by atoms with van der Waals surface area (Å²) in [6.45, 7) is 4.73. The molecule has 2 amide bonds. The minimum absolute atomic E-state index is 0.0327. The third kappa shape index (κ3) is 5.15. The Morgan fingerprint density at radius 2 is 1.88 bits per heavy atom. The number of rotatable bonds is 8. The second-order valence-electron chi connectivity index (χ2n) is 6.20. The highest BCUT2D eigenvalue weighted by molar-refractivity contribution is 5.89. The van der Waals surface area contributed by atoms with Crippen molar-refractivity contribution in [2.75, 3.05) is 26.1 Å². The fourth-order valence-electron chi connectivity index (χ4n) is 2.54. The van der Waals surface area contributed by atoms with Crippen LogP contribution in [0, 0.1) is 0 Å². The molecule has 26 heavy (non-hydrogen) atoms. The highest BCUT2D eigenvalue weighted by atomic mass is 16.5. The van der Waals surface area contributed by atoms with Crippen LogP contribution in [0.15, 0.2) is 48.5 Å². The Kier molecular flexibility index (Phi) is 7.33. The molecule has 0 aromatic heterocycles. The van der Waals surface area contributed by atoms with E-state index in [1.54, 1.807) is 31.2 Å². The Morgan fingerprint density at radius 3 is 2.54 bits per heavy atom. The summed E-state index contributed by atoms with van der Waals surface area (Å²) < 4.78 is 11.1. The van der Waals surface area contributed by atoms with Gasteiger partial charge in [0, 0.05) is 18.8 Å². The zero-order chi connectivity index (χ0) is 18.9. The molecule has 0 saturated carbocycles. The number of carbonyl (C=O) groups is 1. The van der Waals surface area contributed by atoms with E-state index in [1.807, 2.05) is 43.3 Å². The number of ether oxygens (including phenoxy) is 2. The molecule has 140 valence electrons. The highest BCUT2D eigenvalue weighted by Crippen LogP contribution is 2.31. The molecule has 0 aliphatic carbocycles. The lowest BCUT2D eigenvalue weighted by Gasteiger charge is -2.25. The number of nitrogens with zero attached hydrogens (tertiary/aromatic N) is 1. The molecule has 2 rings (SSSR count). The summed E-state index contributed by atoms with van der Waals surface area (Å²) in [5.41, 5.74) is 1.76. The van der Waals surface area contributed by atoms with E-state index in [4.69, 9.17) is 9.47 Å². The van der Waals surface area contributed by atoms with Crippen molar-refractivity contribution in [1.82, 2.24) is 4.90 Å². The van der Waals surface area contributed by atoms with Gasteiger partial charge in [-0.2, -0.15) is 0 Å². The van der Waals surface area contributed by atoms with Gasteiger partial charge in [0.2, 0.25) is 0 Å². The first-order valence-corrected chi connectivity index (χ1v) is 8.96. The number of unbranched alkanes of at least 4 members (excludes halogenated alkanes) is 1. The molecular weight excluding hydrogens is 328 g/mol. The molecule has 0 spiro atoms. The Hall–Kier alpha value is -2.69. The third-order valence-electron chi connectivity index (χ3n) is 4.35. The van der Waals surface area contributed by atoms with Crippen LogP contribution in [-0.2, 0) is 0 Å². The number of urea groups is 1. The summed E-state index contributed by atoms with van der Waals surface area (Å²) in [7, 11) is 3.39. The Morgan fingerprint density at radius 1 is 1.15 bits per heavy atom. The maximum atomic E-state index is 12.6. The molecule has 0 aliphatic heterocycles. The lowest BCUT2D eigenvalue weighted by Crippen LogP contribution is -2.33. The van der Waals surface area contributed by atoms with Crippen LogP contribution in [-0.4, -0.2) is 31.7 Å². The van der Waals surface area contributed by atoms with Gasteiger partial charge in [-0.15, -0.1) is 0 Å². The van der Waals surface area contributed by atoms with Crippen molar-refractivity contribution >= 4 is 11.7 Å². The van der Waals surface area contributed by atoms with E-state index in [9.17, 15) is 4.79 Å². The zero-order valence-electron chi connectivity index (χ0n) is 16.0. The van der Waals surface area contributed by atoms with Gasteiger partial charge in [0.25, 0.3) is 0 Å². The van der Waals surface area contributed by atoms with Crippen molar-refractivity contribution in [3.8, 4) is 11.5 Å². The maximum absolute atomic E-state index is 12.6. The van der Waals surface area contributed by atoms with Crippen molar-refractivity contribution < 1.29 is 14.3 Å². The van der Waals surface area contributed by atoms with Crippen LogP contribution in [0.25, 0.3) is 0 Å². The second kappa shape index (κ2) is 9.70. The van der Waals surface area contributed by atoms with Crippen LogP contribution in [0.5, 0.6) is 11.5 Å². The topological polar surface area (TPSA) is 50.8 Å². The number of benzene rings is 2. The van der Waals surface area contributed by atoms with Crippen LogP contribution >= 0.6 is 0 Å². The highest BCUT2D eigenvalue weighted by Gasteiger charge is 2.18. The summed E-state index contributed by atoms with van der Waals surface area (Å²) in [4.78, 5) is 14.3. The smallest absolute Gasteiger partial charge is 0.322 e. The fraction of sp³-hybridized carbons (Fsp3) is 0.381. The summed E-state index contributed by atoms with van der Waals surface area (Å²) in [6.07, 6.45) is 2.03. The van der Waals surface area contributed by atoms with Gasteiger partial charge in [0.1, 0.15) is 0 Å². The molecule has 0 bridgehead atoms. The van der Waals surface area contributed by atoms with E-state index in [2.05, 4.69) is 12.2 Å². The van der Waals surface area contributed by atoms with Gasteiger partial charge in [-0.1, -0.05) is 43.7 Å². The molecule has 1 N–H and O–H groups in total. The Labute approximate surface area is 155 Å². The normalized spacial score (nSPS) is 11.5. The van der Waals surface area contributed by atoms with Crippen LogP contribution in [0.4, 0.5) is 10.5 Å². The average Bonchev–Trinajstić information content (AvgIpc) is 2.68. The van der Waals surface area contributed by atoms with E-state index < -0.39 is 0 Å². The van der Waals surface area contributed by atoms with Gasteiger partial charge in [-0.25, -0.2) is 4.79 Å². The number of anilines is 1. The summed E-state index contributed by atoms with van der Waals surface area (Å²) >= 11 is 0. The molecule has 2 aromatic carbocycles. The standard InChI is InChI=1S/C21H28N2O3/c1-5-6-14-26-20-15-18(12-13-19(20)25-4)22-21(24)23(3)16(2)17-10-8-7-9-11-17/h7-13,15-16H,5-6,14H2,1-4H3,(H,22,24)/t16-/m0/s1. The zero-order valence-corrected chi connectivity index (χ0v) is 16.0. The van der Waals surface area contributed by atoms with Crippen LogP contribution in [0.1, 0.15) is 38.3 Å². The molecular formula is C21H28N2O3. The van der Waals surface area contributed by atoms with E-state index >= 15 is 0 Å². The lowest BCUT2D eigenvalue weighted by molar-refractivity contribution is 0.208. The van der Waals surface area contributed by atoms with Gasteiger partial charge < -0.3 is 19.7 Å². The van der Waals surface area contributed by atoms with Gasteiger partial charge in [-0.05, 0) is 31.0 Å². The van der Waals surface area contributed by atoms with Crippen molar-refractivity contribution in [2.45, 2.75) is 32.7 Å². The molecule has 0 aliphatic rings. The van der Waals surface area contributed by atoms with Crippen molar-refractivity contribution in [3.63, 3.8) is 0 Å². The van der Waals surface area contributed by atoms with Crippen LogP contribution < -0.4 is 14.8 Å². The maximum Gasteiger partial charge on any atom is 0.322 e. The first-order valence-electron chi connectivity index (χ1n) is 8.96. The van der Waals surface area contributed by atoms with Gasteiger partial charge >= 0.3 is 6.03 Å². The molecule has 0 fully saturated rings. The second-order valence-corrected chi connectivity index (χ2v) is 6.20. The van der Waals surface area contributed by atoms with E-state index in [-0.39, 0.29) is 12.1 Å². The molecule has 2 aromatic rings. The number of amides is 2. The van der Waals surface area contributed by atoms with Crippen molar-refractivity contribution in [2.24, 2.45) is 0 Å². The van der Waals surface area contributed by atoms with Gasteiger partial charge in [-0.3, -0.25) is 0 Å². The van der Waals surface area contributed by atoms with E-state index in [1.165, 1.54) is 0 Å². The van der Waals surface area contributed by atoms with Crippen LogP contribution in [0.3, 0.4) is 0 Å². The predicted octanol–water partition coefficient (Wildman–Crippen LogP) is 5.10. The molecule has 0 heterocycles. The predicted molar refractivity (Wildman–Crippen MR) is 105 cm³/mol. The summed E-state index contributed by atoms with van der Waals surface area (Å²) in [5.74, 6) is 1.29. The minimum Gasteiger partial charge on any atom is -0.493 e. The third-order valence-corrected chi connectivity index (χ3v) is 4.35. The van der Waals surface area contributed by atoms with E-state index in [0.29, 0.717) is 23.8 Å². The molecule has 0 saturated heterocycles. The summed E-state index contributed by atoms with van der Waals surface area (Å²) in [6, 6.07) is 15.1. The van der Waals surface area contributed by atoms with Crippen LogP contribution in [0.2, 0.25) is 0 Å². The Bertz CT molecular complexity index is 704. The number of hydrogen-bond acceptors (Lipinski definition) is 3. The fourth-order valence-corrected chi connectivity index (χ4v) is 2.54. The quantitative estimate of drug-likeness (QED) is 0.670. The van der Waals surface area contributed by atoms with Crippen molar-refractivity contribution in [3.05, 3.63) is 54.1 Å². The number of carbonyl (C=O) groups excluding carboxylic acids is 1. The monoisotopic (exact) mass is 356 g/mol. The summed E-state index contributed by atoms with van der Waals surface area (Å²) in [5, 5.41) is 2.93. The van der Waals surface area contributed by atoms with Gasteiger partial charge in [0.15, 0.2) is 11.5 Å². The molecule has 5 heteroatoms. The minimum atomic E-state index is -0.175. The molecule has 1 atom stereocenters. The number of nitrogens with one attached hydrogen (secondary N) is 1. The van der Waals surface area contributed by atoms with Crippen molar-refractivity contribution in [1.29, 1.82) is 0 Å². The lowest BCUT2D eigenvalue weighted by atomic mass is 10.1. The Balaban J connectivity index is 2.06. The number of hydrogen-bond donors (Lipinski definition) is 1. The first-order chi connectivity index (χ1) is 12.6. The molecule has 0 radical (unpaired) electrons. The first kappa shape index (κ1) is 19.6. The number of methoxy groups -OCH3 is 1. The molecule has 0 unspecified atom stereocenters. The van der Waals surface area contributed by atoms with Gasteiger partial charge in [0.05, 0.1) is 19.8 Å².